The third-order valence-corrected chi connectivity index (χ3v) is 6.32. The Bertz CT molecular complexity index is 976. The van der Waals surface area contributed by atoms with Gasteiger partial charge in [0, 0.05) is 82.3 Å². The fourth-order valence-electron chi connectivity index (χ4n) is 4.45. The summed E-state index contributed by atoms with van der Waals surface area (Å²) in [6.07, 6.45) is 5.34. The lowest BCUT2D eigenvalue weighted by Gasteiger charge is -2.32. The maximum atomic E-state index is 12.6. The van der Waals surface area contributed by atoms with Gasteiger partial charge in [0.2, 0.25) is 5.91 Å². The van der Waals surface area contributed by atoms with Gasteiger partial charge in [0.15, 0.2) is 0 Å². The van der Waals surface area contributed by atoms with E-state index in [0.29, 0.717) is 17.9 Å². The molecule has 0 spiro atoms. The van der Waals surface area contributed by atoms with Crippen LogP contribution in [0.4, 0.5) is 5.82 Å². The van der Waals surface area contributed by atoms with Crippen molar-refractivity contribution in [2.24, 2.45) is 0 Å². The van der Waals surface area contributed by atoms with Crippen LogP contribution in [0.2, 0.25) is 0 Å². The number of rotatable bonds is 7. The first-order valence-electron chi connectivity index (χ1n) is 11.6. The molecule has 1 unspecified atom stereocenters. The van der Waals surface area contributed by atoms with Crippen LogP contribution in [0.1, 0.15) is 41.4 Å². The van der Waals surface area contributed by atoms with Crippen LogP contribution in [0.3, 0.4) is 0 Å². The third-order valence-electron chi connectivity index (χ3n) is 6.32. The van der Waals surface area contributed by atoms with Gasteiger partial charge in [-0.15, -0.1) is 0 Å². The van der Waals surface area contributed by atoms with Crippen molar-refractivity contribution in [1.82, 2.24) is 25.1 Å². The van der Waals surface area contributed by atoms with Crippen molar-refractivity contribution in [3.05, 3.63) is 53.5 Å². The van der Waals surface area contributed by atoms with Crippen LogP contribution >= 0.6 is 0 Å². The molecule has 9 nitrogen and oxygen atoms in total. The third kappa shape index (κ3) is 6.27. The van der Waals surface area contributed by atoms with Gasteiger partial charge in [-0.3, -0.25) is 19.5 Å². The molecule has 2 aromatic rings. The lowest BCUT2D eigenvalue weighted by molar-refractivity contribution is -0.129. The zero-order valence-electron chi connectivity index (χ0n) is 19.0. The molecule has 2 aromatic heterocycles. The highest BCUT2D eigenvalue weighted by molar-refractivity contribution is 5.94. The van der Waals surface area contributed by atoms with Gasteiger partial charge in [-0.2, -0.15) is 0 Å². The number of piperidine rings is 1. The number of fused-ring (bicyclic) bond motifs is 1. The number of carbonyl (C=O) groups is 2. The number of hydrogen-bond donors (Lipinski definition) is 3. The number of carbonyl (C=O) groups excluding carboxylic acids is 2. The van der Waals surface area contributed by atoms with E-state index in [2.05, 4.69) is 31.6 Å². The number of aliphatic hydroxyl groups excluding tert-OH is 1. The molecule has 176 valence electrons. The molecule has 0 bridgehead atoms. The number of aliphatic hydroxyl groups is 1. The van der Waals surface area contributed by atoms with Crippen molar-refractivity contribution in [2.75, 3.05) is 38.0 Å². The van der Waals surface area contributed by atoms with Crippen LogP contribution in [0, 0.1) is 0 Å². The number of nitrogens with one attached hydrogen (secondary N) is 2. The van der Waals surface area contributed by atoms with Gasteiger partial charge in [-0.1, -0.05) is 6.07 Å². The highest BCUT2D eigenvalue weighted by Gasteiger charge is 2.22. The number of hydrogen-bond acceptors (Lipinski definition) is 7. The SMILES string of the molecule is CC(=O)N1CCC(Nc2cc(C(=O)NCC(O)CN3CCc4ncccc4C3)ccn2)CC1. The van der Waals surface area contributed by atoms with E-state index in [4.69, 9.17) is 0 Å². The van der Waals surface area contributed by atoms with Crippen LogP contribution in [0.15, 0.2) is 36.7 Å². The smallest absolute Gasteiger partial charge is 0.251 e. The van der Waals surface area contributed by atoms with Crippen molar-refractivity contribution >= 4 is 17.6 Å². The van der Waals surface area contributed by atoms with Crippen molar-refractivity contribution in [3.8, 4) is 0 Å². The fraction of sp³-hybridized carbons (Fsp3) is 0.500. The van der Waals surface area contributed by atoms with Gasteiger partial charge >= 0.3 is 0 Å². The van der Waals surface area contributed by atoms with Gasteiger partial charge in [-0.05, 0) is 36.6 Å². The number of likely N-dealkylation sites (tertiary alicyclic amines) is 1. The first-order valence-corrected chi connectivity index (χ1v) is 11.6. The molecule has 3 N–H and O–H groups in total. The highest BCUT2D eigenvalue weighted by atomic mass is 16.3. The van der Waals surface area contributed by atoms with Gasteiger partial charge in [-0.25, -0.2) is 4.98 Å². The monoisotopic (exact) mass is 452 g/mol. The van der Waals surface area contributed by atoms with E-state index in [1.807, 2.05) is 17.2 Å². The number of β-amino-alcohol motifs (C(OH)–C–C–N with tert-alkyl or cyclic N) is 1. The molecule has 2 amide bonds. The lowest BCUT2D eigenvalue weighted by atomic mass is 10.0. The number of aromatic nitrogens is 2. The quantitative estimate of drug-likeness (QED) is 0.576. The average Bonchev–Trinajstić information content (AvgIpc) is 2.83. The Morgan fingerprint density at radius 2 is 2.00 bits per heavy atom. The molecule has 2 aliphatic heterocycles. The van der Waals surface area contributed by atoms with Crippen molar-refractivity contribution in [2.45, 2.75) is 44.9 Å². The molecular formula is C24H32N6O3. The summed E-state index contributed by atoms with van der Waals surface area (Å²) in [5.74, 6) is 0.513. The van der Waals surface area contributed by atoms with Gasteiger partial charge < -0.3 is 20.6 Å². The van der Waals surface area contributed by atoms with Crippen LogP contribution < -0.4 is 10.6 Å². The Morgan fingerprint density at radius 3 is 2.79 bits per heavy atom. The molecule has 4 rings (SSSR count). The number of pyridine rings is 2. The van der Waals surface area contributed by atoms with Crippen LogP contribution in [-0.4, -0.2) is 81.6 Å². The summed E-state index contributed by atoms with van der Waals surface area (Å²) in [5, 5.41) is 16.7. The van der Waals surface area contributed by atoms with E-state index in [1.165, 1.54) is 5.56 Å². The molecule has 1 fully saturated rings. The summed E-state index contributed by atoms with van der Waals surface area (Å²) in [4.78, 5) is 36.9. The summed E-state index contributed by atoms with van der Waals surface area (Å²) < 4.78 is 0. The van der Waals surface area contributed by atoms with Gasteiger partial charge in [0.1, 0.15) is 5.82 Å². The average molecular weight is 453 g/mol. The topological polar surface area (TPSA) is 111 Å². The minimum absolute atomic E-state index is 0.106. The molecule has 1 atom stereocenters. The lowest BCUT2D eigenvalue weighted by Crippen LogP contribution is -2.42. The molecule has 2 aliphatic rings. The second kappa shape index (κ2) is 10.7. The highest BCUT2D eigenvalue weighted by Crippen LogP contribution is 2.17. The number of amides is 2. The Morgan fingerprint density at radius 1 is 1.18 bits per heavy atom. The van der Waals surface area contributed by atoms with E-state index in [9.17, 15) is 14.7 Å². The van der Waals surface area contributed by atoms with Crippen LogP contribution in [-0.2, 0) is 17.8 Å². The standard InChI is InChI=1S/C24H32N6O3/c1-17(31)30-11-5-20(6-12-30)28-23-13-18(4-9-26-23)24(33)27-14-21(32)16-29-10-7-22-19(15-29)3-2-8-25-22/h2-4,8-9,13,20-21,32H,5-7,10-12,14-16H2,1H3,(H,26,28)(H,27,33). The molecular weight excluding hydrogens is 420 g/mol. The van der Waals surface area contributed by atoms with E-state index in [-0.39, 0.29) is 24.4 Å². The molecule has 4 heterocycles. The molecule has 0 aromatic carbocycles. The molecule has 0 radical (unpaired) electrons. The summed E-state index contributed by atoms with van der Waals surface area (Å²) in [7, 11) is 0. The second-order valence-electron chi connectivity index (χ2n) is 8.81. The van der Waals surface area contributed by atoms with Gasteiger partial charge in [0.05, 0.1) is 6.10 Å². The fourth-order valence-corrected chi connectivity index (χ4v) is 4.45. The first kappa shape index (κ1) is 23.1. The molecule has 1 saturated heterocycles. The van der Waals surface area contributed by atoms with Crippen molar-refractivity contribution in [3.63, 3.8) is 0 Å². The maximum Gasteiger partial charge on any atom is 0.251 e. The Balaban J connectivity index is 1.23. The largest absolute Gasteiger partial charge is 0.390 e. The second-order valence-corrected chi connectivity index (χ2v) is 8.81. The van der Waals surface area contributed by atoms with Crippen molar-refractivity contribution < 1.29 is 14.7 Å². The van der Waals surface area contributed by atoms with E-state index in [0.717, 1.165) is 51.1 Å². The first-order chi connectivity index (χ1) is 16.0. The Kier molecular flexibility index (Phi) is 7.51. The summed E-state index contributed by atoms with van der Waals surface area (Å²) in [6.45, 7) is 5.34. The molecule has 33 heavy (non-hydrogen) atoms. The molecule has 9 heteroatoms. The van der Waals surface area contributed by atoms with E-state index < -0.39 is 6.10 Å². The molecule has 0 aliphatic carbocycles. The van der Waals surface area contributed by atoms with Crippen LogP contribution in [0.5, 0.6) is 0 Å². The number of anilines is 1. The zero-order valence-corrected chi connectivity index (χ0v) is 19.0. The number of nitrogens with zero attached hydrogens (tertiary/aromatic N) is 4. The molecule has 0 saturated carbocycles. The Hall–Kier alpha value is -3.04. The predicted molar refractivity (Wildman–Crippen MR) is 125 cm³/mol. The Labute approximate surface area is 194 Å². The zero-order chi connectivity index (χ0) is 23.2. The minimum Gasteiger partial charge on any atom is -0.390 e. The maximum absolute atomic E-state index is 12.6. The van der Waals surface area contributed by atoms with E-state index >= 15 is 0 Å². The predicted octanol–water partition coefficient (Wildman–Crippen LogP) is 1.05. The summed E-state index contributed by atoms with van der Waals surface area (Å²) in [5.41, 5.74) is 2.82. The summed E-state index contributed by atoms with van der Waals surface area (Å²) >= 11 is 0. The summed E-state index contributed by atoms with van der Waals surface area (Å²) in [6, 6.07) is 7.63. The normalized spacial score (nSPS) is 17.8. The van der Waals surface area contributed by atoms with E-state index in [1.54, 1.807) is 25.3 Å². The van der Waals surface area contributed by atoms with Gasteiger partial charge in [0.25, 0.3) is 5.91 Å². The van der Waals surface area contributed by atoms with Crippen LogP contribution in [0.25, 0.3) is 0 Å². The van der Waals surface area contributed by atoms with Crippen molar-refractivity contribution in [1.29, 1.82) is 0 Å². The minimum atomic E-state index is -0.655.